The summed E-state index contributed by atoms with van der Waals surface area (Å²) in [6, 6.07) is 3.56. The fourth-order valence-electron chi connectivity index (χ4n) is 2.61. The standard InChI is InChI=1S/C15H20N2O7.2C2H6/c1-9-5-11(7-14(19)24-9)16(2)15(20)23-8-10-3-4-13(18)12(6-10)17(21)22;2*1-2/h3-4,6,9,11,14,18-19H,5,7-8H2,1-2H3;2*1-2H3. The maximum atomic E-state index is 12.1. The van der Waals surface area contributed by atoms with Gasteiger partial charge in [-0.3, -0.25) is 10.1 Å². The number of aliphatic hydroxyl groups excluding tert-OH is 1. The highest BCUT2D eigenvalue weighted by Gasteiger charge is 2.31. The van der Waals surface area contributed by atoms with Crippen LogP contribution in [0.5, 0.6) is 5.75 Å². The van der Waals surface area contributed by atoms with Crippen LogP contribution in [0, 0.1) is 10.1 Å². The first-order valence-corrected chi connectivity index (χ1v) is 9.47. The lowest BCUT2D eigenvalue weighted by molar-refractivity contribution is -0.385. The van der Waals surface area contributed by atoms with Crippen LogP contribution in [0.3, 0.4) is 0 Å². The summed E-state index contributed by atoms with van der Waals surface area (Å²) in [4.78, 5) is 23.6. The Kier molecular flexibility index (Phi) is 11.8. The Labute approximate surface area is 166 Å². The molecule has 9 heteroatoms. The van der Waals surface area contributed by atoms with Crippen LogP contribution in [0.1, 0.15) is 53.0 Å². The fourth-order valence-corrected chi connectivity index (χ4v) is 2.61. The number of nitro groups is 1. The van der Waals surface area contributed by atoms with Crippen LogP contribution in [0.4, 0.5) is 10.5 Å². The van der Waals surface area contributed by atoms with Gasteiger partial charge in [0.15, 0.2) is 12.0 Å². The molecule has 1 aliphatic rings. The van der Waals surface area contributed by atoms with E-state index in [-0.39, 0.29) is 18.8 Å². The van der Waals surface area contributed by atoms with Crippen molar-refractivity contribution in [3.8, 4) is 5.75 Å². The number of aliphatic hydroxyl groups is 1. The second-order valence-corrected chi connectivity index (χ2v) is 5.77. The summed E-state index contributed by atoms with van der Waals surface area (Å²) in [5.41, 5.74) is -0.0556. The Hall–Kier alpha value is -2.39. The van der Waals surface area contributed by atoms with Gasteiger partial charge in [-0.25, -0.2) is 4.79 Å². The average molecular weight is 400 g/mol. The van der Waals surface area contributed by atoms with Gasteiger partial charge in [-0.15, -0.1) is 0 Å². The number of carbonyl (C=O) groups excluding carboxylic acids is 1. The molecule has 9 nitrogen and oxygen atoms in total. The molecule has 2 N–H and O–H groups in total. The summed E-state index contributed by atoms with van der Waals surface area (Å²) in [6.07, 6.45) is -0.826. The molecular formula is C19H32N2O7. The number of rotatable bonds is 4. The first-order chi connectivity index (χ1) is 13.3. The molecule has 1 heterocycles. The Morgan fingerprint density at radius 2 is 1.93 bits per heavy atom. The summed E-state index contributed by atoms with van der Waals surface area (Å²) in [6.45, 7) is 9.65. The lowest BCUT2D eigenvalue weighted by atomic mass is 10.0. The summed E-state index contributed by atoms with van der Waals surface area (Å²) in [7, 11) is 1.57. The molecule has 1 fully saturated rings. The molecule has 1 aromatic carbocycles. The van der Waals surface area contributed by atoms with Gasteiger partial charge in [0, 0.05) is 25.6 Å². The van der Waals surface area contributed by atoms with E-state index in [1.54, 1.807) is 7.05 Å². The molecule has 0 radical (unpaired) electrons. The topological polar surface area (TPSA) is 122 Å². The van der Waals surface area contributed by atoms with Gasteiger partial charge in [0.05, 0.1) is 11.0 Å². The first-order valence-electron chi connectivity index (χ1n) is 9.47. The quantitative estimate of drug-likeness (QED) is 0.582. The number of phenolic OH excluding ortho intramolecular Hbond substituents is 1. The van der Waals surface area contributed by atoms with Crippen molar-refractivity contribution in [2.45, 2.75) is 72.5 Å². The summed E-state index contributed by atoms with van der Waals surface area (Å²) in [5, 5.41) is 29.8. The molecule has 0 spiro atoms. The highest BCUT2D eigenvalue weighted by atomic mass is 16.6. The Morgan fingerprint density at radius 3 is 2.46 bits per heavy atom. The first kappa shape index (κ1) is 25.6. The van der Waals surface area contributed by atoms with Crippen molar-refractivity contribution < 1.29 is 29.4 Å². The van der Waals surface area contributed by atoms with E-state index in [1.165, 1.54) is 17.0 Å². The van der Waals surface area contributed by atoms with Crippen molar-refractivity contribution in [1.82, 2.24) is 4.90 Å². The zero-order valence-electron chi connectivity index (χ0n) is 17.4. The number of ether oxygens (including phenoxy) is 2. The minimum absolute atomic E-state index is 0.161. The van der Waals surface area contributed by atoms with Crippen molar-refractivity contribution in [3.63, 3.8) is 0 Å². The third-order valence-electron chi connectivity index (χ3n) is 3.90. The monoisotopic (exact) mass is 400 g/mol. The number of benzene rings is 1. The molecular weight excluding hydrogens is 368 g/mol. The van der Waals surface area contributed by atoms with Gasteiger partial charge in [-0.05, 0) is 25.0 Å². The fraction of sp³-hybridized carbons (Fsp3) is 0.632. The van der Waals surface area contributed by atoms with E-state index < -0.39 is 28.7 Å². The molecule has 1 amide bonds. The second-order valence-electron chi connectivity index (χ2n) is 5.77. The van der Waals surface area contributed by atoms with E-state index in [0.717, 1.165) is 6.07 Å². The highest BCUT2D eigenvalue weighted by molar-refractivity contribution is 5.67. The molecule has 160 valence electrons. The van der Waals surface area contributed by atoms with Crippen molar-refractivity contribution in [3.05, 3.63) is 33.9 Å². The van der Waals surface area contributed by atoms with Crippen LogP contribution < -0.4 is 0 Å². The molecule has 3 atom stereocenters. The van der Waals surface area contributed by atoms with Crippen LogP contribution in [0.2, 0.25) is 0 Å². The number of amides is 1. The molecule has 3 unspecified atom stereocenters. The van der Waals surface area contributed by atoms with E-state index in [9.17, 15) is 25.1 Å². The zero-order valence-corrected chi connectivity index (χ0v) is 17.4. The van der Waals surface area contributed by atoms with Gasteiger partial charge >= 0.3 is 11.8 Å². The van der Waals surface area contributed by atoms with Crippen LogP contribution in [0.25, 0.3) is 0 Å². The van der Waals surface area contributed by atoms with Gasteiger partial charge in [-0.1, -0.05) is 33.8 Å². The van der Waals surface area contributed by atoms with Crippen LogP contribution in [0.15, 0.2) is 18.2 Å². The third-order valence-corrected chi connectivity index (χ3v) is 3.90. The Morgan fingerprint density at radius 1 is 1.32 bits per heavy atom. The number of nitro benzene ring substituents is 1. The SMILES string of the molecule is CC.CC.CC1CC(N(C)C(=O)OCc2ccc(O)c([N+](=O)[O-])c2)CC(O)O1. The minimum atomic E-state index is -0.922. The zero-order chi connectivity index (χ0) is 21.9. The average Bonchev–Trinajstić information content (AvgIpc) is 2.68. The molecule has 28 heavy (non-hydrogen) atoms. The molecule has 0 saturated carbocycles. The molecule has 0 aliphatic carbocycles. The lowest BCUT2D eigenvalue weighted by Gasteiger charge is -2.36. The molecule has 0 aromatic heterocycles. The number of hydrogen-bond acceptors (Lipinski definition) is 7. The van der Waals surface area contributed by atoms with Crippen molar-refractivity contribution in [2.24, 2.45) is 0 Å². The Bertz CT molecular complexity index is 614. The molecule has 2 rings (SSSR count). The number of nitrogens with zero attached hydrogens (tertiary/aromatic N) is 2. The van der Waals surface area contributed by atoms with Crippen molar-refractivity contribution >= 4 is 11.8 Å². The molecule has 0 bridgehead atoms. The second kappa shape index (κ2) is 12.9. The van der Waals surface area contributed by atoms with Gasteiger partial charge in [0.2, 0.25) is 0 Å². The number of aromatic hydroxyl groups is 1. The van der Waals surface area contributed by atoms with Crippen molar-refractivity contribution in [2.75, 3.05) is 7.05 Å². The van der Waals surface area contributed by atoms with Gasteiger partial charge in [0.1, 0.15) is 6.61 Å². The lowest BCUT2D eigenvalue weighted by Crippen LogP contribution is -2.45. The smallest absolute Gasteiger partial charge is 0.410 e. The molecule has 1 aliphatic heterocycles. The van der Waals surface area contributed by atoms with E-state index >= 15 is 0 Å². The van der Waals surface area contributed by atoms with Gasteiger partial charge in [0.25, 0.3) is 0 Å². The summed E-state index contributed by atoms with van der Waals surface area (Å²) in [5.74, 6) is -0.447. The largest absolute Gasteiger partial charge is 0.502 e. The van der Waals surface area contributed by atoms with Crippen LogP contribution in [-0.4, -0.2) is 51.6 Å². The molecule has 1 saturated heterocycles. The van der Waals surface area contributed by atoms with E-state index in [0.29, 0.717) is 18.4 Å². The number of hydrogen-bond donors (Lipinski definition) is 2. The minimum Gasteiger partial charge on any atom is -0.502 e. The van der Waals surface area contributed by atoms with Crippen LogP contribution in [-0.2, 0) is 16.1 Å². The number of carbonyl (C=O) groups is 1. The van der Waals surface area contributed by atoms with E-state index in [4.69, 9.17) is 9.47 Å². The van der Waals surface area contributed by atoms with Crippen molar-refractivity contribution in [1.29, 1.82) is 0 Å². The highest BCUT2D eigenvalue weighted by Crippen LogP contribution is 2.27. The number of phenols is 1. The normalized spacial score (nSPS) is 20.6. The predicted octanol–water partition coefficient (Wildman–Crippen LogP) is 3.81. The summed E-state index contributed by atoms with van der Waals surface area (Å²) >= 11 is 0. The predicted molar refractivity (Wildman–Crippen MR) is 105 cm³/mol. The maximum absolute atomic E-state index is 12.1. The molecule has 1 aromatic rings. The third kappa shape index (κ3) is 7.69. The van der Waals surface area contributed by atoms with E-state index in [1.807, 2.05) is 34.6 Å². The van der Waals surface area contributed by atoms with E-state index in [2.05, 4.69) is 0 Å². The van der Waals surface area contributed by atoms with Crippen LogP contribution >= 0.6 is 0 Å². The maximum Gasteiger partial charge on any atom is 0.410 e. The van der Waals surface area contributed by atoms with Gasteiger partial charge in [-0.2, -0.15) is 0 Å². The Balaban J connectivity index is 0.00000171. The van der Waals surface area contributed by atoms with Gasteiger partial charge < -0.3 is 24.6 Å². The summed E-state index contributed by atoms with van der Waals surface area (Å²) < 4.78 is 10.4.